The van der Waals surface area contributed by atoms with Gasteiger partial charge in [-0.2, -0.15) is 0 Å². The highest BCUT2D eigenvalue weighted by Gasteiger charge is 2.28. The lowest BCUT2D eigenvalue weighted by atomic mass is 9.82. The molecule has 0 saturated heterocycles. The molecule has 23 heavy (non-hydrogen) atoms. The Morgan fingerprint density at radius 3 is 2.52 bits per heavy atom. The summed E-state index contributed by atoms with van der Waals surface area (Å²) in [6.45, 7) is 3.13. The molecule has 2 rings (SSSR count). The van der Waals surface area contributed by atoms with Crippen LogP contribution in [0.15, 0.2) is 24.3 Å². The molecule has 1 saturated carbocycles. The van der Waals surface area contributed by atoms with E-state index in [4.69, 9.17) is 20.6 Å². The third-order valence-electron chi connectivity index (χ3n) is 4.12. The Bertz CT molecular complexity index is 540. The van der Waals surface area contributed by atoms with Gasteiger partial charge in [0.15, 0.2) is 17.5 Å². The topological polar surface area (TPSA) is 97.4 Å². The summed E-state index contributed by atoms with van der Waals surface area (Å²) in [6, 6.07) is 7.24. The number of ether oxygens (including phenoxy) is 2. The Morgan fingerprint density at radius 1 is 1.26 bits per heavy atom. The number of hydrogen-bond donors (Lipinski definition) is 3. The number of nitrogens with one attached hydrogen (secondary N) is 2. The van der Waals surface area contributed by atoms with E-state index in [9.17, 15) is 4.79 Å². The molecule has 126 valence electrons. The smallest absolute Gasteiger partial charge is 0.314 e. The van der Waals surface area contributed by atoms with Gasteiger partial charge in [-0.3, -0.25) is 10.2 Å². The molecule has 4 N–H and O–H groups in total. The van der Waals surface area contributed by atoms with Crippen LogP contribution in [-0.2, 0) is 4.79 Å². The van der Waals surface area contributed by atoms with Crippen LogP contribution in [0, 0.1) is 17.2 Å². The van der Waals surface area contributed by atoms with Crippen molar-refractivity contribution in [1.82, 2.24) is 5.32 Å². The average Bonchev–Trinajstić information content (AvgIpc) is 2.55. The normalized spacial score (nSPS) is 20.6. The van der Waals surface area contributed by atoms with Crippen LogP contribution in [-0.4, -0.2) is 25.1 Å². The molecule has 0 atom stereocenters. The van der Waals surface area contributed by atoms with Gasteiger partial charge in [-0.05, 0) is 50.7 Å². The molecule has 1 aromatic rings. The molecule has 0 aliphatic heterocycles. The second-order valence-corrected chi connectivity index (χ2v) is 5.81. The van der Waals surface area contributed by atoms with Crippen LogP contribution in [0.25, 0.3) is 0 Å². The Labute approximate surface area is 136 Å². The molecular weight excluding hydrogens is 294 g/mol. The minimum atomic E-state index is -0.185. The highest BCUT2D eigenvalue weighted by Crippen LogP contribution is 2.32. The molecule has 0 radical (unpaired) electrons. The van der Waals surface area contributed by atoms with E-state index < -0.39 is 0 Å². The molecule has 1 aromatic carbocycles. The highest BCUT2D eigenvalue weighted by molar-refractivity contribution is 5.76. The quantitative estimate of drug-likeness (QED) is 0.323. The van der Waals surface area contributed by atoms with Crippen LogP contribution >= 0.6 is 0 Å². The first-order chi connectivity index (χ1) is 11.1. The number of para-hydroxylation sites is 2. The molecule has 1 aliphatic rings. The zero-order valence-corrected chi connectivity index (χ0v) is 13.5. The largest absolute Gasteiger partial charge is 0.490 e. The van der Waals surface area contributed by atoms with Gasteiger partial charge in [0.25, 0.3) is 0 Å². The van der Waals surface area contributed by atoms with Gasteiger partial charge >= 0.3 is 5.97 Å². The first kappa shape index (κ1) is 17.1. The minimum Gasteiger partial charge on any atom is -0.490 e. The first-order valence-corrected chi connectivity index (χ1v) is 8.11. The van der Waals surface area contributed by atoms with Gasteiger partial charge in [-0.1, -0.05) is 12.1 Å². The zero-order chi connectivity index (χ0) is 16.7. The van der Waals surface area contributed by atoms with Crippen LogP contribution in [0.2, 0.25) is 0 Å². The summed E-state index contributed by atoms with van der Waals surface area (Å²) in [5.74, 6) is 1.29. The molecule has 6 nitrogen and oxygen atoms in total. The van der Waals surface area contributed by atoms with Gasteiger partial charge in [0.1, 0.15) is 0 Å². The second kappa shape index (κ2) is 8.41. The van der Waals surface area contributed by atoms with Gasteiger partial charge in [0.05, 0.1) is 12.5 Å². The lowest BCUT2D eigenvalue weighted by molar-refractivity contribution is -0.140. The molecule has 0 bridgehead atoms. The third-order valence-corrected chi connectivity index (χ3v) is 4.12. The fraction of sp³-hybridized carbons (Fsp3) is 0.529. The molecule has 1 fully saturated rings. The van der Waals surface area contributed by atoms with Crippen molar-refractivity contribution in [2.24, 2.45) is 17.6 Å². The SMILES string of the molecule is CCOc1ccccc1OC(=O)C1CCC(CNC(=N)N)CC1. The summed E-state index contributed by atoms with van der Waals surface area (Å²) < 4.78 is 11.0. The van der Waals surface area contributed by atoms with Crippen molar-refractivity contribution < 1.29 is 14.3 Å². The Hall–Kier alpha value is -2.24. The van der Waals surface area contributed by atoms with Crippen LogP contribution in [0.5, 0.6) is 11.5 Å². The van der Waals surface area contributed by atoms with E-state index in [0.717, 1.165) is 25.7 Å². The number of nitrogens with two attached hydrogens (primary N) is 1. The molecular formula is C17H25N3O3. The predicted molar refractivity (Wildman–Crippen MR) is 88.6 cm³/mol. The highest BCUT2D eigenvalue weighted by atomic mass is 16.6. The number of hydrogen-bond acceptors (Lipinski definition) is 4. The fourth-order valence-corrected chi connectivity index (χ4v) is 2.86. The molecule has 0 unspecified atom stereocenters. The van der Waals surface area contributed by atoms with Crippen molar-refractivity contribution >= 4 is 11.9 Å². The summed E-state index contributed by atoms with van der Waals surface area (Å²) in [4.78, 5) is 12.3. The van der Waals surface area contributed by atoms with E-state index in [1.807, 2.05) is 19.1 Å². The molecule has 0 aromatic heterocycles. The van der Waals surface area contributed by atoms with E-state index in [2.05, 4.69) is 5.32 Å². The molecule has 6 heteroatoms. The number of carbonyl (C=O) groups is 1. The number of rotatable bonds is 6. The van der Waals surface area contributed by atoms with Gasteiger partial charge in [0.2, 0.25) is 0 Å². The van der Waals surface area contributed by atoms with E-state index in [-0.39, 0.29) is 17.8 Å². The predicted octanol–water partition coefficient (Wildman–Crippen LogP) is 2.28. The van der Waals surface area contributed by atoms with Crippen LogP contribution in [0.4, 0.5) is 0 Å². The van der Waals surface area contributed by atoms with Crippen molar-refractivity contribution in [3.05, 3.63) is 24.3 Å². The zero-order valence-electron chi connectivity index (χ0n) is 13.5. The maximum Gasteiger partial charge on any atom is 0.314 e. The molecule has 0 heterocycles. The van der Waals surface area contributed by atoms with Crippen molar-refractivity contribution in [3.8, 4) is 11.5 Å². The van der Waals surface area contributed by atoms with E-state index >= 15 is 0 Å². The monoisotopic (exact) mass is 319 g/mol. The maximum atomic E-state index is 12.3. The van der Waals surface area contributed by atoms with Crippen molar-refractivity contribution in [3.63, 3.8) is 0 Å². The lowest BCUT2D eigenvalue weighted by Gasteiger charge is -2.27. The van der Waals surface area contributed by atoms with E-state index in [1.54, 1.807) is 12.1 Å². The number of benzene rings is 1. The van der Waals surface area contributed by atoms with Gasteiger partial charge in [0, 0.05) is 6.54 Å². The summed E-state index contributed by atoms with van der Waals surface area (Å²) in [7, 11) is 0. The lowest BCUT2D eigenvalue weighted by Crippen LogP contribution is -2.36. The van der Waals surface area contributed by atoms with Gasteiger partial charge < -0.3 is 20.5 Å². The van der Waals surface area contributed by atoms with Gasteiger partial charge in [-0.15, -0.1) is 0 Å². The first-order valence-electron chi connectivity index (χ1n) is 8.11. The molecule has 0 spiro atoms. The van der Waals surface area contributed by atoms with Crippen LogP contribution < -0.4 is 20.5 Å². The third kappa shape index (κ3) is 5.16. The second-order valence-electron chi connectivity index (χ2n) is 5.81. The Morgan fingerprint density at radius 2 is 1.91 bits per heavy atom. The van der Waals surface area contributed by atoms with Gasteiger partial charge in [-0.25, -0.2) is 0 Å². The van der Waals surface area contributed by atoms with Crippen molar-refractivity contribution in [1.29, 1.82) is 5.41 Å². The fourth-order valence-electron chi connectivity index (χ4n) is 2.86. The Balaban J connectivity index is 1.85. The molecule has 1 aliphatic carbocycles. The van der Waals surface area contributed by atoms with Crippen molar-refractivity contribution in [2.75, 3.05) is 13.2 Å². The maximum absolute atomic E-state index is 12.3. The minimum absolute atomic E-state index is 0.000866. The van der Waals surface area contributed by atoms with Crippen LogP contribution in [0.3, 0.4) is 0 Å². The Kier molecular flexibility index (Phi) is 6.26. The number of carbonyl (C=O) groups excluding carboxylic acids is 1. The molecule has 0 amide bonds. The summed E-state index contributed by atoms with van der Waals surface area (Å²) in [6.07, 6.45) is 3.49. The van der Waals surface area contributed by atoms with Crippen LogP contribution in [0.1, 0.15) is 32.6 Å². The van der Waals surface area contributed by atoms with E-state index in [1.165, 1.54) is 0 Å². The number of guanidine groups is 1. The van der Waals surface area contributed by atoms with Crippen molar-refractivity contribution in [2.45, 2.75) is 32.6 Å². The standard InChI is InChI=1S/C17H25N3O3/c1-2-22-14-5-3-4-6-15(14)23-16(21)13-9-7-12(8-10-13)11-20-17(18)19/h3-6,12-13H,2,7-11H2,1H3,(H4,18,19,20). The summed E-state index contributed by atoms with van der Waals surface area (Å²) in [5, 5.41) is 10.0. The number of esters is 1. The summed E-state index contributed by atoms with van der Waals surface area (Å²) >= 11 is 0. The average molecular weight is 319 g/mol. The summed E-state index contributed by atoms with van der Waals surface area (Å²) in [5.41, 5.74) is 5.30. The van der Waals surface area contributed by atoms with E-state index in [0.29, 0.717) is 30.6 Å².